The summed E-state index contributed by atoms with van der Waals surface area (Å²) in [7, 11) is 0. The van der Waals surface area contributed by atoms with E-state index < -0.39 is 4.92 Å². The lowest BCUT2D eigenvalue weighted by molar-refractivity contribution is -0.384. The van der Waals surface area contributed by atoms with Crippen molar-refractivity contribution in [3.05, 3.63) is 63.2 Å². The smallest absolute Gasteiger partial charge is 0.294 e. The molecule has 2 aromatic rings. The predicted octanol–water partition coefficient (Wildman–Crippen LogP) is 2.96. The molecule has 0 unspecified atom stereocenters. The van der Waals surface area contributed by atoms with Gasteiger partial charge in [-0.2, -0.15) is 0 Å². The summed E-state index contributed by atoms with van der Waals surface area (Å²) in [5.74, 6) is 0.107. The number of nitro groups is 1. The molecule has 0 radical (unpaired) electrons. The largest absolute Gasteiger partial charge is 0.363 e. The van der Waals surface area contributed by atoms with Crippen LogP contribution in [0.2, 0.25) is 5.02 Å². The third-order valence-corrected chi connectivity index (χ3v) is 5.63. The molecule has 0 bridgehead atoms. The number of carbonyl (C=O) groups excluding carboxylic acids is 1. The highest BCUT2D eigenvalue weighted by molar-refractivity contribution is 6.30. The highest BCUT2D eigenvalue weighted by Crippen LogP contribution is 2.32. The number of nitrogens with zero attached hydrogens (tertiary/aromatic N) is 4. The van der Waals surface area contributed by atoms with Crippen molar-refractivity contribution in [2.45, 2.75) is 6.42 Å². The van der Waals surface area contributed by atoms with Crippen LogP contribution in [0.5, 0.6) is 0 Å². The topological polar surface area (TPSA) is 69.9 Å². The number of fused-ring (bicyclic) bond motifs is 1. The third-order valence-electron chi connectivity index (χ3n) is 5.39. The first-order valence-corrected chi connectivity index (χ1v) is 9.70. The number of hydrogen-bond donors (Lipinski definition) is 0. The molecule has 2 aliphatic rings. The van der Waals surface area contributed by atoms with Crippen molar-refractivity contribution < 1.29 is 9.72 Å². The van der Waals surface area contributed by atoms with Crippen LogP contribution in [0.15, 0.2) is 42.5 Å². The number of anilines is 2. The minimum absolute atomic E-state index is 0.0192. The van der Waals surface area contributed by atoms with Crippen LogP contribution in [0, 0.1) is 10.1 Å². The summed E-state index contributed by atoms with van der Waals surface area (Å²) < 4.78 is 0. The second-order valence-corrected chi connectivity index (χ2v) is 7.51. The number of benzene rings is 2. The van der Waals surface area contributed by atoms with Crippen LogP contribution in [0.1, 0.15) is 5.56 Å². The van der Waals surface area contributed by atoms with Gasteiger partial charge in [-0.15, -0.1) is 0 Å². The molecule has 28 heavy (non-hydrogen) atoms. The average molecular weight is 401 g/mol. The molecule has 1 amide bonds. The molecule has 2 aliphatic heterocycles. The Morgan fingerprint density at radius 1 is 1.04 bits per heavy atom. The van der Waals surface area contributed by atoms with Gasteiger partial charge in [0, 0.05) is 49.5 Å². The molecule has 8 heteroatoms. The standard InChI is InChI=1S/C20H21ClN4O3/c21-16-5-6-18(19(13-16)25(27)28)23-11-9-22(10-12-23)14-20(26)24-8-7-15-3-1-2-4-17(15)24/h1-6,13H,7-12,14H2. The number of para-hydroxylation sites is 1. The molecule has 4 rings (SSSR count). The van der Waals surface area contributed by atoms with Crippen LogP contribution < -0.4 is 9.80 Å². The maximum Gasteiger partial charge on any atom is 0.294 e. The minimum atomic E-state index is -0.401. The lowest BCUT2D eigenvalue weighted by atomic mass is 10.2. The van der Waals surface area contributed by atoms with E-state index in [1.165, 1.54) is 11.6 Å². The molecular formula is C20H21ClN4O3. The van der Waals surface area contributed by atoms with Crippen molar-refractivity contribution in [3.8, 4) is 0 Å². The van der Waals surface area contributed by atoms with E-state index in [0.717, 1.165) is 18.7 Å². The van der Waals surface area contributed by atoms with Gasteiger partial charge in [-0.3, -0.25) is 19.8 Å². The average Bonchev–Trinajstić information content (AvgIpc) is 3.13. The molecule has 1 fully saturated rings. The zero-order chi connectivity index (χ0) is 19.7. The van der Waals surface area contributed by atoms with Gasteiger partial charge in [-0.05, 0) is 30.2 Å². The van der Waals surface area contributed by atoms with E-state index in [1.54, 1.807) is 12.1 Å². The zero-order valence-corrected chi connectivity index (χ0v) is 16.1. The highest BCUT2D eigenvalue weighted by Gasteiger charge is 2.28. The molecular weight excluding hydrogens is 380 g/mol. The van der Waals surface area contributed by atoms with E-state index >= 15 is 0 Å². The minimum Gasteiger partial charge on any atom is -0.363 e. The van der Waals surface area contributed by atoms with Gasteiger partial charge in [-0.25, -0.2) is 0 Å². The van der Waals surface area contributed by atoms with Gasteiger partial charge in [0.2, 0.25) is 5.91 Å². The Labute approximate surface area is 168 Å². The van der Waals surface area contributed by atoms with Gasteiger partial charge in [0.25, 0.3) is 5.69 Å². The lowest BCUT2D eigenvalue weighted by Gasteiger charge is -2.36. The number of rotatable bonds is 4. The molecule has 1 saturated heterocycles. The number of halogens is 1. The Hall–Kier alpha value is -2.64. The molecule has 0 N–H and O–H groups in total. The van der Waals surface area contributed by atoms with Crippen LogP contribution in [0.3, 0.4) is 0 Å². The normalized spacial score (nSPS) is 16.9. The van der Waals surface area contributed by atoms with E-state index in [4.69, 9.17) is 11.6 Å². The van der Waals surface area contributed by atoms with Gasteiger partial charge in [-0.1, -0.05) is 29.8 Å². The van der Waals surface area contributed by atoms with Crippen LogP contribution in [-0.4, -0.2) is 55.0 Å². The molecule has 0 spiro atoms. The molecule has 2 aromatic carbocycles. The van der Waals surface area contributed by atoms with E-state index in [1.807, 2.05) is 28.0 Å². The Balaban J connectivity index is 1.38. The third kappa shape index (κ3) is 3.68. The maximum absolute atomic E-state index is 12.8. The van der Waals surface area contributed by atoms with E-state index in [0.29, 0.717) is 43.4 Å². The Bertz CT molecular complexity index is 912. The summed E-state index contributed by atoms with van der Waals surface area (Å²) >= 11 is 5.91. The molecule has 7 nitrogen and oxygen atoms in total. The number of carbonyl (C=O) groups is 1. The van der Waals surface area contributed by atoms with Crippen LogP contribution in [0.25, 0.3) is 0 Å². The van der Waals surface area contributed by atoms with Crippen LogP contribution in [0.4, 0.5) is 17.1 Å². The summed E-state index contributed by atoms with van der Waals surface area (Å²) in [6.45, 7) is 3.72. The number of piperazine rings is 1. The summed E-state index contributed by atoms with van der Waals surface area (Å²) in [6, 6.07) is 12.8. The van der Waals surface area contributed by atoms with Crippen molar-refractivity contribution in [2.24, 2.45) is 0 Å². The second kappa shape index (κ2) is 7.77. The van der Waals surface area contributed by atoms with Gasteiger partial charge in [0.1, 0.15) is 5.69 Å². The first-order chi connectivity index (χ1) is 13.5. The summed E-state index contributed by atoms with van der Waals surface area (Å²) in [6.07, 6.45) is 0.899. The first kappa shape index (κ1) is 18.7. The molecule has 0 atom stereocenters. The number of amides is 1. The van der Waals surface area contributed by atoms with E-state index in [-0.39, 0.29) is 11.6 Å². The Morgan fingerprint density at radius 2 is 1.79 bits per heavy atom. The SMILES string of the molecule is O=C(CN1CCN(c2ccc(Cl)cc2[N+](=O)[O-])CC1)N1CCc2ccccc21. The fraction of sp³-hybridized carbons (Fsp3) is 0.350. The number of nitro benzene ring substituents is 1. The van der Waals surface area contributed by atoms with E-state index in [9.17, 15) is 14.9 Å². The zero-order valence-electron chi connectivity index (χ0n) is 15.4. The highest BCUT2D eigenvalue weighted by atomic mass is 35.5. The van der Waals surface area contributed by atoms with Gasteiger partial charge >= 0.3 is 0 Å². The van der Waals surface area contributed by atoms with Crippen molar-refractivity contribution >= 4 is 34.6 Å². The molecule has 0 aromatic heterocycles. The van der Waals surface area contributed by atoms with Gasteiger partial charge < -0.3 is 9.80 Å². The Morgan fingerprint density at radius 3 is 2.54 bits per heavy atom. The molecule has 146 valence electrons. The van der Waals surface area contributed by atoms with Gasteiger partial charge in [0.15, 0.2) is 0 Å². The van der Waals surface area contributed by atoms with Gasteiger partial charge in [0.05, 0.1) is 11.5 Å². The van der Waals surface area contributed by atoms with Crippen LogP contribution in [-0.2, 0) is 11.2 Å². The van der Waals surface area contributed by atoms with Crippen molar-refractivity contribution in [2.75, 3.05) is 49.1 Å². The first-order valence-electron chi connectivity index (χ1n) is 9.32. The monoisotopic (exact) mass is 400 g/mol. The lowest BCUT2D eigenvalue weighted by Crippen LogP contribution is -2.50. The summed E-state index contributed by atoms with van der Waals surface area (Å²) in [5, 5.41) is 11.7. The van der Waals surface area contributed by atoms with Crippen molar-refractivity contribution in [1.82, 2.24) is 4.90 Å². The summed E-state index contributed by atoms with van der Waals surface area (Å²) in [4.78, 5) is 29.7. The fourth-order valence-electron chi connectivity index (χ4n) is 3.93. The Kier molecular flexibility index (Phi) is 5.19. The van der Waals surface area contributed by atoms with Crippen molar-refractivity contribution in [1.29, 1.82) is 0 Å². The quantitative estimate of drug-likeness (QED) is 0.583. The maximum atomic E-state index is 12.8. The van der Waals surface area contributed by atoms with Crippen molar-refractivity contribution in [3.63, 3.8) is 0 Å². The van der Waals surface area contributed by atoms with E-state index in [2.05, 4.69) is 11.0 Å². The fourth-order valence-corrected chi connectivity index (χ4v) is 4.10. The number of hydrogen-bond acceptors (Lipinski definition) is 5. The molecule has 0 saturated carbocycles. The second-order valence-electron chi connectivity index (χ2n) is 7.08. The molecule has 2 heterocycles. The predicted molar refractivity (Wildman–Crippen MR) is 109 cm³/mol. The molecule has 0 aliphatic carbocycles. The summed E-state index contributed by atoms with van der Waals surface area (Å²) in [5.41, 5.74) is 2.83. The van der Waals surface area contributed by atoms with Crippen LogP contribution >= 0.6 is 11.6 Å².